The molecule has 0 aliphatic carbocycles. The van der Waals surface area contributed by atoms with Gasteiger partial charge in [0.15, 0.2) is 5.69 Å². The highest BCUT2D eigenvalue weighted by Crippen LogP contribution is 2.18. The Labute approximate surface area is 127 Å². The van der Waals surface area contributed by atoms with Crippen LogP contribution in [0.4, 0.5) is 8.78 Å². The van der Waals surface area contributed by atoms with Crippen LogP contribution in [0.5, 0.6) is 0 Å². The number of hydrogen-bond donors (Lipinski definition) is 2. The standard InChI is InChI=1S/C14H21F2N5O/c15-12(16)9-20-4-1-5-21(7-6-20)14(22)13-10-8-17-3-2-11(10)18-19-13/h12,17H,1-9H2,(H,18,19). The number of rotatable bonds is 3. The molecule has 1 aromatic rings. The summed E-state index contributed by atoms with van der Waals surface area (Å²) in [6.45, 7) is 3.47. The second-order valence-corrected chi connectivity index (χ2v) is 5.79. The van der Waals surface area contributed by atoms with Gasteiger partial charge in [-0.25, -0.2) is 8.78 Å². The fourth-order valence-corrected chi connectivity index (χ4v) is 3.10. The van der Waals surface area contributed by atoms with Crippen molar-refractivity contribution in [2.45, 2.75) is 25.8 Å². The Morgan fingerprint density at radius 3 is 2.95 bits per heavy atom. The highest BCUT2D eigenvalue weighted by molar-refractivity contribution is 5.94. The molecule has 6 nitrogen and oxygen atoms in total. The van der Waals surface area contributed by atoms with Crippen molar-refractivity contribution in [2.75, 3.05) is 39.3 Å². The van der Waals surface area contributed by atoms with Gasteiger partial charge in [0.1, 0.15) is 0 Å². The van der Waals surface area contributed by atoms with E-state index in [2.05, 4.69) is 15.5 Å². The lowest BCUT2D eigenvalue weighted by Gasteiger charge is -2.22. The number of hydrogen-bond acceptors (Lipinski definition) is 4. The number of halogens is 2. The first-order chi connectivity index (χ1) is 10.6. The number of carbonyl (C=O) groups is 1. The Hall–Kier alpha value is -1.54. The molecule has 0 spiro atoms. The summed E-state index contributed by atoms with van der Waals surface area (Å²) in [4.78, 5) is 16.1. The number of amides is 1. The van der Waals surface area contributed by atoms with E-state index in [1.807, 2.05) is 0 Å². The fraction of sp³-hybridized carbons (Fsp3) is 0.714. The average molecular weight is 313 g/mol. The van der Waals surface area contributed by atoms with Crippen LogP contribution in [0.25, 0.3) is 0 Å². The molecule has 0 radical (unpaired) electrons. The van der Waals surface area contributed by atoms with E-state index in [0.717, 1.165) is 24.2 Å². The van der Waals surface area contributed by atoms with E-state index < -0.39 is 6.43 Å². The molecule has 2 N–H and O–H groups in total. The minimum atomic E-state index is -2.33. The normalized spacial score (nSPS) is 20.0. The molecule has 0 saturated carbocycles. The molecule has 1 fully saturated rings. The zero-order valence-corrected chi connectivity index (χ0v) is 12.4. The summed E-state index contributed by atoms with van der Waals surface area (Å²) >= 11 is 0. The number of carbonyl (C=O) groups excluding carboxylic acids is 1. The third-order valence-corrected chi connectivity index (χ3v) is 4.28. The van der Waals surface area contributed by atoms with Crippen molar-refractivity contribution in [3.63, 3.8) is 0 Å². The molecule has 0 bridgehead atoms. The monoisotopic (exact) mass is 313 g/mol. The zero-order valence-electron chi connectivity index (χ0n) is 12.4. The maximum atomic E-state index is 12.7. The van der Waals surface area contributed by atoms with Gasteiger partial charge in [-0.15, -0.1) is 0 Å². The summed E-state index contributed by atoms with van der Waals surface area (Å²) in [5, 5.41) is 10.4. The van der Waals surface area contributed by atoms with Crippen molar-refractivity contribution in [1.82, 2.24) is 25.3 Å². The molecule has 0 unspecified atom stereocenters. The molecular weight excluding hydrogens is 292 g/mol. The fourth-order valence-electron chi connectivity index (χ4n) is 3.10. The second-order valence-electron chi connectivity index (χ2n) is 5.79. The van der Waals surface area contributed by atoms with Gasteiger partial charge >= 0.3 is 0 Å². The number of aromatic amines is 1. The molecule has 2 aliphatic rings. The van der Waals surface area contributed by atoms with E-state index in [-0.39, 0.29) is 12.5 Å². The number of H-pyrrole nitrogens is 1. The topological polar surface area (TPSA) is 64.3 Å². The zero-order chi connectivity index (χ0) is 15.5. The van der Waals surface area contributed by atoms with Gasteiger partial charge in [-0.1, -0.05) is 0 Å². The van der Waals surface area contributed by atoms with Crippen molar-refractivity contribution >= 4 is 5.91 Å². The maximum absolute atomic E-state index is 12.7. The van der Waals surface area contributed by atoms with Gasteiger partial charge in [-0.3, -0.25) is 14.8 Å². The molecular formula is C14H21F2N5O. The summed E-state index contributed by atoms with van der Waals surface area (Å²) in [7, 11) is 0. The summed E-state index contributed by atoms with van der Waals surface area (Å²) in [6.07, 6.45) is -0.770. The number of nitrogens with one attached hydrogen (secondary N) is 2. The summed E-state index contributed by atoms with van der Waals surface area (Å²) < 4.78 is 25.0. The SMILES string of the molecule is O=C(c1n[nH]c2c1CNCC2)N1CCCN(CC(F)F)CC1. The summed E-state index contributed by atoms with van der Waals surface area (Å²) in [5.74, 6) is -0.0971. The molecule has 22 heavy (non-hydrogen) atoms. The Balaban J connectivity index is 1.66. The van der Waals surface area contributed by atoms with Crippen LogP contribution in [0.15, 0.2) is 0 Å². The third kappa shape index (κ3) is 3.27. The first-order valence-electron chi connectivity index (χ1n) is 7.71. The van der Waals surface area contributed by atoms with Gasteiger partial charge in [0.05, 0.1) is 6.54 Å². The second kappa shape index (κ2) is 6.70. The lowest BCUT2D eigenvalue weighted by Crippen LogP contribution is -2.37. The Kier molecular flexibility index (Phi) is 4.68. The molecule has 8 heteroatoms. The Morgan fingerprint density at radius 1 is 1.27 bits per heavy atom. The molecule has 122 valence electrons. The van der Waals surface area contributed by atoms with Crippen molar-refractivity contribution < 1.29 is 13.6 Å². The number of nitrogens with zero attached hydrogens (tertiary/aromatic N) is 3. The molecule has 0 atom stereocenters. The molecule has 3 heterocycles. The predicted molar refractivity (Wildman–Crippen MR) is 77.0 cm³/mol. The average Bonchev–Trinajstić information content (AvgIpc) is 2.79. The van der Waals surface area contributed by atoms with Crippen molar-refractivity contribution in [3.8, 4) is 0 Å². The smallest absolute Gasteiger partial charge is 0.274 e. The molecule has 2 aliphatic heterocycles. The first-order valence-corrected chi connectivity index (χ1v) is 7.71. The highest BCUT2D eigenvalue weighted by atomic mass is 19.3. The summed E-state index contributed by atoms with van der Waals surface area (Å²) in [6, 6.07) is 0. The van der Waals surface area contributed by atoms with E-state index in [4.69, 9.17) is 0 Å². The maximum Gasteiger partial charge on any atom is 0.274 e. The minimum absolute atomic E-state index is 0.0971. The van der Waals surface area contributed by atoms with Gasteiger partial charge in [0.25, 0.3) is 12.3 Å². The van der Waals surface area contributed by atoms with E-state index in [9.17, 15) is 13.6 Å². The van der Waals surface area contributed by atoms with Crippen LogP contribution in [0.3, 0.4) is 0 Å². The number of aromatic nitrogens is 2. The molecule has 0 aromatic carbocycles. The van der Waals surface area contributed by atoms with Crippen LogP contribution >= 0.6 is 0 Å². The minimum Gasteiger partial charge on any atom is -0.336 e. The first kappa shape index (κ1) is 15.4. The van der Waals surface area contributed by atoms with E-state index >= 15 is 0 Å². The van der Waals surface area contributed by atoms with Crippen LogP contribution in [0.1, 0.15) is 28.2 Å². The number of fused-ring (bicyclic) bond motifs is 1. The Morgan fingerprint density at radius 2 is 2.14 bits per heavy atom. The highest BCUT2D eigenvalue weighted by Gasteiger charge is 2.27. The van der Waals surface area contributed by atoms with Gasteiger partial charge < -0.3 is 10.2 Å². The van der Waals surface area contributed by atoms with Crippen molar-refractivity contribution in [1.29, 1.82) is 0 Å². The Bertz CT molecular complexity index is 533. The van der Waals surface area contributed by atoms with Gasteiger partial charge in [-0.2, -0.15) is 5.10 Å². The van der Waals surface area contributed by atoms with E-state index in [1.165, 1.54) is 0 Å². The molecule has 3 rings (SSSR count). The van der Waals surface area contributed by atoms with Crippen LogP contribution in [-0.4, -0.2) is 71.6 Å². The van der Waals surface area contributed by atoms with Crippen LogP contribution in [0, 0.1) is 0 Å². The van der Waals surface area contributed by atoms with Crippen molar-refractivity contribution in [3.05, 3.63) is 17.0 Å². The third-order valence-electron chi connectivity index (χ3n) is 4.28. The lowest BCUT2D eigenvalue weighted by molar-refractivity contribution is 0.0736. The quantitative estimate of drug-likeness (QED) is 0.851. The van der Waals surface area contributed by atoms with Crippen LogP contribution < -0.4 is 5.32 Å². The van der Waals surface area contributed by atoms with Gasteiger partial charge in [-0.05, 0) is 6.42 Å². The molecule has 1 amide bonds. The predicted octanol–water partition coefficient (Wildman–Crippen LogP) is 0.468. The lowest BCUT2D eigenvalue weighted by atomic mass is 10.1. The van der Waals surface area contributed by atoms with Gasteiger partial charge in [0.2, 0.25) is 0 Å². The van der Waals surface area contributed by atoms with Gasteiger partial charge in [0, 0.05) is 56.9 Å². The largest absolute Gasteiger partial charge is 0.336 e. The van der Waals surface area contributed by atoms with Crippen molar-refractivity contribution in [2.24, 2.45) is 0 Å². The van der Waals surface area contributed by atoms with Crippen LogP contribution in [0.2, 0.25) is 0 Å². The summed E-state index contributed by atoms with van der Waals surface area (Å²) in [5.41, 5.74) is 2.45. The van der Waals surface area contributed by atoms with Crippen LogP contribution in [-0.2, 0) is 13.0 Å². The number of alkyl halides is 2. The molecule has 1 aromatic heterocycles. The molecule has 1 saturated heterocycles. The van der Waals surface area contributed by atoms with E-state index in [0.29, 0.717) is 44.8 Å². The van der Waals surface area contributed by atoms with E-state index in [1.54, 1.807) is 9.80 Å².